The summed E-state index contributed by atoms with van der Waals surface area (Å²) in [7, 11) is 1.49. The number of fused-ring (bicyclic) bond motifs is 1. The van der Waals surface area contributed by atoms with Crippen LogP contribution < -0.4 is 10.2 Å². The Kier molecular flexibility index (Phi) is 7.56. The van der Waals surface area contributed by atoms with E-state index in [1.807, 2.05) is 5.01 Å². The van der Waals surface area contributed by atoms with Gasteiger partial charge in [-0.25, -0.2) is 9.69 Å². The number of ether oxygens (including phenoxy) is 1. The molecule has 4 rings (SSSR count). The lowest BCUT2D eigenvalue weighted by Gasteiger charge is -2.40. The van der Waals surface area contributed by atoms with E-state index in [0.717, 1.165) is 4.68 Å². The summed E-state index contributed by atoms with van der Waals surface area (Å²) < 4.78 is 47.5. The second-order valence-electron chi connectivity index (χ2n) is 8.58. The van der Waals surface area contributed by atoms with Crippen LogP contribution in [0.4, 0.5) is 13.2 Å². The van der Waals surface area contributed by atoms with E-state index in [4.69, 9.17) is 16.3 Å². The van der Waals surface area contributed by atoms with Gasteiger partial charge in [0, 0.05) is 43.5 Å². The van der Waals surface area contributed by atoms with Crippen molar-refractivity contribution in [2.75, 3.05) is 32.6 Å². The fourth-order valence-electron chi connectivity index (χ4n) is 4.61. The smallest absolute Gasteiger partial charge is 0.435 e. The van der Waals surface area contributed by atoms with Crippen LogP contribution in [-0.4, -0.2) is 70.2 Å². The number of alkyl halides is 4. The standard InChI is InChI=1S/C23H27ClF3N5O3/c1-35-17-6-4-16(5-7-17)32-20-18(21(29-32)23(25,26)27)10-14-31(22(20)34)15-8-12-30(13-9-15)28-19(33)3-2-11-24/h4-7,15H,2-3,8-14H2,1H3,(H,28,33). The van der Waals surface area contributed by atoms with Crippen molar-refractivity contribution in [3.63, 3.8) is 0 Å². The molecule has 1 aromatic carbocycles. The van der Waals surface area contributed by atoms with Crippen molar-refractivity contribution in [3.8, 4) is 11.4 Å². The maximum atomic E-state index is 13.8. The molecular weight excluding hydrogens is 487 g/mol. The molecule has 12 heteroatoms. The van der Waals surface area contributed by atoms with Crippen LogP contribution in [0.1, 0.15) is 47.4 Å². The molecule has 3 heterocycles. The van der Waals surface area contributed by atoms with E-state index < -0.39 is 17.8 Å². The summed E-state index contributed by atoms with van der Waals surface area (Å²) in [5, 5.41) is 5.64. The third-order valence-corrected chi connectivity index (χ3v) is 6.63. The minimum atomic E-state index is -4.67. The summed E-state index contributed by atoms with van der Waals surface area (Å²) in [5.74, 6) is 0.387. The molecule has 0 saturated carbocycles. The van der Waals surface area contributed by atoms with Gasteiger partial charge in [-0.15, -0.1) is 11.6 Å². The third kappa shape index (κ3) is 5.40. The molecule has 0 bridgehead atoms. The Balaban J connectivity index is 1.54. The van der Waals surface area contributed by atoms with Crippen LogP contribution in [0.5, 0.6) is 5.75 Å². The molecule has 2 amide bonds. The lowest BCUT2D eigenvalue weighted by atomic mass is 9.97. The van der Waals surface area contributed by atoms with E-state index in [2.05, 4.69) is 10.5 Å². The number of carbonyl (C=O) groups excluding carboxylic acids is 2. The first-order valence-electron chi connectivity index (χ1n) is 11.5. The molecule has 8 nitrogen and oxygen atoms in total. The highest BCUT2D eigenvalue weighted by molar-refractivity contribution is 6.17. The zero-order chi connectivity index (χ0) is 25.2. The molecule has 1 aromatic heterocycles. The van der Waals surface area contributed by atoms with Crippen molar-refractivity contribution < 1.29 is 27.5 Å². The maximum Gasteiger partial charge on any atom is 0.435 e. The van der Waals surface area contributed by atoms with Gasteiger partial charge in [-0.1, -0.05) is 0 Å². The Bertz CT molecular complexity index is 1070. The minimum absolute atomic E-state index is 0.0504. The molecule has 2 aliphatic heterocycles. The minimum Gasteiger partial charge on any atom is -0.497 e. The number of piperidine rings is 1. The van der Waals surface area contributed by atoms with Crippen LogP contribution in [0.25, 0.3) is 5.69 Å². The average molecular weight is 514 g/mol. The number of benzene rings is 1. The molecule has 1 N–H and O–H groups in total. The lowest BCUT2D eigenvalue weighted by Crippen LogP contribution is -2.53. The predicted molar refractivity (Wildman–Crippen MR) is 123 cm³/mol. The van der Waals surface area contributed by atoms with Crippen LogP contribution >= 0.6 is 11.6 Å². The first-order chi connectivity index (χ1) is 16.7. The molecule has 0 atom stereocenters. The highest BCUT2D eigenvalue weighted by Crippen LogP contribution is 2.37. The van der Waals surface area contributed by atoms with Crippen molar-refractivity contribution in [2.24, 2.45) is 0 Å². The van der Waals surface area contributed by atoms with Gasteiger partial charge >= 0.3 is 6.18 Å². The normalized spacial score (nSPS) is 17.4. The first-order valence-corrected chi connectivity index (χ1v) is 12.0. The number of halogens is 4. The van der Waals surface area contributed by atoms with Crippen molar-refractivity contribution in [1.29, 1.82) is 0 Å². The van der Waals surface area contributed by atoms with Crippen molar-refractivity contribution >= 4 is 23.4 Å². The van der Waals surface area contributed by atoms with Crippen molar-refractivity contribution in [3.05, 3.63) is 41.2 Å². The van der Waals surface area contributed by atoms with Crippen LogP contribution in [0.3, 0.4) is 0 Å². The molecular formula is C23H27ClF3N5O3. The maximum absolute atomic E-state index is 13.8. The number of aromatic nitrogens is 2. The third-order valence-electron chi connectivity index (χ3n) is 6.36. The van der Waals surface area contributed by atoms with Gasteiger partial charge in [-0.3, -0.25) is 15.0 Å². The van der Waals surface area contributed by atoms with Gasteiger partial charge in [0.1, 0.15) is 11.4 Å². The fraction of sp³-hybridized carbons (Fsp3) is 0.522. The van der Waals surface area contributed by atoms with Gasteiger partial charge in [0.15, 0.2) is 5.69 Å². The van der Waals surface area contributed by atoms with Crippen LogP contribution in [0.15, 0.2) is 24.3 Å². The summed E-state index contributed by atoms with van der Waals surface area (Å²) in [5.41, 5.74) is 2.05. The SMILES string of the molecule is COc1ccc(-n2nc(C(F)(F)F)c3c2C(=O)N(C2CCN(NC(=O)CCCCl)CC2)CC3)cc1. The Morgan fingerprint density at radius 1 is 1.20 bits per heavy atom. The van der Waals surface area contributed by atoms with Gasteiger partial charge < -0.3 is 9.64 Å². The highest BCUT2D eigenvalue weighted by Gasteiger charge is 2.44. The second-order valence-corrected chi connectivity index (χ2v) is 8.96. The number of methoxy groups -OCH3 is 1. The number of nitrogens with one attached hydrogen (secondary N) is 1. The van der Waals surface area contributed by atoms with Gasteiger partial charge in [0.05, 0.1) is 12.8 Å². The molecule has 0 aliphatic carbocycles. The lowest BCUT2D eigenvalue weighted by molar-refractivity contribution is -0.142. The first kappa shape index (κ1) is 25.3. The average Bonchev–Trinajstić information content (AvgIpc) is 3.25. The Morgan fingerprint density at radius 2 is 1.89 bits per heavy atom. The fourth-order valence-corrected chi connectivity index (χ4v) is 4.75. The molecule has 0 unspecified atom stereocenters. The number of hydrazine groups is 1. The molecule has 1 saturated heterocycles. The largest absolute Gasteiger partial charge is 0.497 e. The number of amides is 2. The molecule has 0 spiro atoms. The molecule has 2 aromatic rings. The van der Waals surface area contributed by atoms with E-state index in [9.17, 15) is 22.8 Å². The summed E-state index contributed by atoms with van der Waals surface area (Å²) in [6, 6.07) is 6.23. The van der Waals surface area contributed by atoms with E-state index >= 15 is 0 Å². The number of hydrogen-bond donors (Lipinski definition) is 1. The zero-order valence-corrected chi connectivity index (χ0v) is 20.0. The summed E-state index contributed by atoms with van der Waals surface area (Å²) in [6.07, 6.45) is -2.47. The Morgan fingerprint density at radius 3 is 2.49 bits per heavy atom. The molecule has 1 fully saturated rings. The van der Waals surface area contributed by atoms with Crippen LogP contribution in [0, 0.1) is 0 Å². The molecule has 190 valence electrons. The van der Waals surface area contributed by atoms with Gasteiger partial charge in [0.2, 0.25) is 5.91 Å². The summed E-state index contributed by atoms with van der Waals surface area (Å²) >= 11 is 5.63. The highest BCUT2D eigenvalue weighted by atomic mass is 35.5. The van der Waals surface area contributed by atoms with E-state index in [0.29, 0.717) is 56.1 Å². The predicted octanol–water partition coefficient (Wildman–Crippen LogP) is 3.41. The monoisotopic (exact) mass is 513 g/mol. The molecule has 35 heavy (non-hydrogen) atoms. The Hall–Kier alpha value is -2.79. The van der Waals surface area contributed by atoms with E-state index in [1.165, 1.54) is 7.11 Å². The second kappa shape index (κ2) is 10.4. The number of rotatable bonds is 7. The van der Waals surface area contributed by atoms with Gasteiger partial charge in [-0.05, 0) is 49.9 Å². The Labute approximate surface area is 205 Å². The van der Waals surface area contributed by atoms with Crippen molar-refractivity contribution in [2.45, 2.75) is 44.3 Å². The number of hydrogen-bond acceptors (Lipinski definition) is 5. The zero-order valence-electron chi connectivity index (χ0n) is 19.3. The molecule has 0 radical (unpaired) electrons. The topological polar surface area (TPSA) is 79.7 Å². The summed E-state index contributed by atoms with van der Waals surface area (Å²) in [6.45, 7) is 1.27. The van der Waals surface area contributed by atoms with Crippen molar-refractivity contribution in [1.82, 2.24) is 25.1 Å². The number of nitrogens with zero attached hydrogens (tertiary/aromatic N) is 4. The van der Waals surface area contributed by atoms with Gasteiger partial charge in [-0.2, -0.15) is 18.3 Å². The van der Waals surface area contributed by atoms with Crippen LogP contribution in [-0.2, 0) is 17.4 Å². The molecule has 2 aliphatic rings. The van der Waals surface area contributed by atoms with Gasteiger partial charge in [0.25, 0.3) is 5.91 Å². The summed E-state index contributed by atoms with van der Waals surface area (Å²) in [4.78, 5) is 27.1. The van der Waals surface area contributed by atoms with E-state index in [1.54, 1.807) is 29.2 Å². The quantitative estimate of drug-likeness (QED) is 0.574. The number of carbonyl (C=O) groups is 2. The van der Waals surface area contributed by atoms with E-state index in [-0.39, 0.29) is 36.2 Å². The van der Waals surface area contributed by atoms with Crippen LogP contribution in [0.2, 0.25) is 0 Å².